The quantitative estimate of drug-likeness (QED) is 0.777. The van der Waals surface area contributed by atoms with Crippen molar-refractivity contribution in [2.24, 2.45) is 11.0 Å². The lowest BCUT2D eigenvalue weighted by molar-refractivity contribution is -0.119. The predicted octanol–water partition coefficient (Wildman–Crippen LogP) is 3.09. The molecule has 0 saturated heterocycles. The third kappa shape index (κ3) is 1.83. The Bertz CT molecular complexity index is 439. The molecule has 0 spiro atoms. The van der Waals surface area contributed by atoms with Crippen LogP contribution in [0.1, 0.15) is 20.3 Å². The highest BCUT2D eigenvalue weighted by molar-refractivity contribution is 6.30. The number of hydrogen-bond donors (Lipinski definition) is 0. The summed E-state index contributed by atoms with van der Waals surface area (Å²) >= 11 is 5.80. The van der Waals surface area contributed by atoms with Gasteiger partial charge in [-0.05, 0) is 37.6 Å². The van der Waals surface area contributed by atoms with Crippen molar-refractivity contribution in [1.82, 2.24) is 0 Å². The largest absolute Gasteiger partial charge is 0.272 e. The SMILES string of the molecule is CC[C@H]1C(=O)N(c2ccc(Cl)cc2)N=C1C. The zero-order valence-electron chi connectivity index (χ0n) is 9.27. The summed E-state index contributed by atoms with van der Waals surface area (Å²) in [7, 11) is 0. The number of benzene rings is 1. The highest BCUT2D eigenvalue weighted by atomic mass is 35.5. The highest BCUT2D eigenvalue weighted by Crippen LogP contribution is 2.26. The summed E-state index contributed by atoms with van der Waals surface area (Å²) in [5.41, 5.74) is 1.65. The van der Waals surface area contributed by atoms with Gasteiger partial charge in [-0.3, -0.25) is 4.79 Å². The number of hydrogen-bond acceptors (Lipinski definition) is 2. The standard InChI is InChI=1S/C12H13ClN2O/c1-3-11-8(2)14-15(12(11)16)10-6-4-9(13)5-7-10/h4-7,11H,3H2,1-2H3/t11-/m1/s1. The first-order valence-corrected chi connectivity index (χ1v) is 5.66. The van der Waals surface area contributed by atoms with Crippen molar-refractivity contribution in [2.45, 2.75) is 20.3 Å². The van der Waals surface area contributed by atoms with E-state index in [1.165, 1.54) is 5.01 Å². The molecule has 1 aliphatic rings. The van der Waals surface area contributed by atoms with Crippen LogP contribution in [0.15, 0.2) is 29.4 Å². The monoisotopic (exact) mass is 236 g/mol. The Morgan fingerprint density at radius 1 is 1.38 bits per heavy atom. The Morgan fingerprint density at radius 3 is 2.50 bits per heavy atom. The summed E-state index contributed by atoms with van der Waals surface area (Å²) in [4.78, 5) is 12.0. The summed E-state index contributed by atoms with van der Waals surface area (Å²) < 4.78 is 0. The molecule has 1 aliphatic heterocycles. The molecule has 1 aromatic rings. The molecule has 0 N–H and O–H groups in total. The van der Waals surface area contributed by atoms with Crippen LogP contribution in [0.25, 0.3) is 0 Å². The first-order chi connectivity index (χ1) is 7.63. The normalized spacial score (nSPS) is 20.2. The number of carbonyl (C=O) groups excluding carboxylic acids is 1. The van der Waals surface area contributed by atoms with Gasteiger partial charge in [-0.25, -0.2) is 5.01 Å². The second-order valence-corrected chi connectivity index (χ2v) is 4.27. The van der Waals surface area contributed by atoms with Gasteiger partial charge < -0.3 is 0 Å². The average Bonchev–Trinajstić information content (AvgIpc) is 2.55. The van der Waals surface area contributed by atoms with Crippen LogP contribution in [0.2, 0.25) is 5.02 Å². The lowest BCUT2D eigenvalue weighted by atomic mass is 10.0. The van der Waals surface area contributed by atoms with Gasteiger partial charge in [0.05, 0.1) is 11.6 Å². The Balaban J connectivity index is 2.30. The van der Waals surface area contributed by atoms with E-state index in [1.54, 1.807) is 24.3 Å². The molecule has 1 amide bonds. The van der Waals surface area contributed by atoms with Crippen molar-refractivity contribution in [3.63, 3.8) is 0 Å². The molecule has 0 unspecified atom stereocenters. The Hall–Kier alpha value is -1.35. The van der Waals surface area contributed by atoms with Crippen molar-refractivity contribution in [3.05, 3.63) is 29.3 Å². The number of hydrazone groups is 1. The summed E-state index contributed by atoms with van der Waals surface area (Å²) in [6.07, 6.45) is 0.790. The summed E-state index contributed by atoms with van der Waals surface area (Å²) in [6, 6.07) is 7.12. The molecular formula is C12H13ClN2O. The molecule has 16 heavy (non-hydrogen) atoms. The second-order valence-electron chi connectivity index (χ2n) is 3.83. The highest BCUT2D eigenvalue weighted by Gasteiger charge is 2.32. The second kappa shape index (κ2) is 4.26. The topological polar surface area (TPSA) is 32.7 Å². The maximum Gasteiger partial charge on any atom is 0.256 e. The van der Waals surface area contributed by atoms with E-state index in [2.05, 4.69) is 5.10 Å². The molecule has 0 bridgehead atoms. The predicted molar refractivity (Wildman–Crippen MR) is 65.8 cm³/mol. The van der Waals surface area contributed by atoms with Crippen molar-refractivity contribution in [2.75, 3.05) is 5.01 Å². The van der Waals surface area contributed by atoms with Gasteiger partial charge in [0.1, 0.15) is 0 Å². The minimum atomic E-state index is -0.0734. The van der Waals surface area contributed by atoms with E-state index in [0.717, 1.165) is 17.8 Å². The van der Waals surface area contributed by atoms with Crippen LogP contribution in [0.3, 0.4) is 0 Å². The summed E-state index contributed by atoms with van der Waals surface area (Å²) in [6.45, 7) is 3.88. The fraction of sp³-hybridized carbons (Fsp3) is 0.333. The van der Waals surface area contributed by atoms with Gasteiger partial charge in [-0.2, -0.15) is 5.10 Å². The molecule has 1 heterocycles. The van der Waals surface area contributed by atoms with Crippen molar-refractivity contribution >= 4 is 28.9 Å². The van der Waals surface area contributed by atoms with Crippen molar-refractivity contribution in [3.8, 4) is 0 Å². The molecule has 0 aliphatic carbocycles. The minimum absolute atomic E-state index is 0.0438. The first kappa shape index (κ1) is 11.1. The molecular weight excluding hydrogens is 224 g/mol. The van der Waals surface area contributed by atoms with E-state index in [9.17, 15) is 4.79 Å². The number of anilines is 1. The van der Waals surface area contributed by atoms with Crippen LogP contribution in [-0.2, 0) is 4.79 Å². The lowest BCUT2D eigenvalue weighted by Gasteiger charge is -2.13. The van der Waals surface area contributed by atoms with Crippen molar-refractivity contribution < 1.29 is 4.79 Å². The molecule has 3 nitrogen and oxygen atoms in total. The molecule has 84 valence electrons. The maximum atomic E-state index is 12.0. The Labute approximate surface area is 99.7 Å². The molecule has 0 radical (unpaired) electrons. The maximum absolute atomic E-state index is 12.0. The fourth-order valence-electron chi connectivity index (χ4n) is 1.84. The van der Waals surface area contributed by atoms with Crippen molar-refractivity contribution in [1.29, 1.82) is 0 Å². The van der Waals surface area contributed by atoms with Gasteiger partial charge in [0.25, 0.3) is 5.91 Å². The lowest BCUT2D eigenvalue weighted by Crippen LogP contribution is -2.26. The molecule has 0 aromatic heterocycles. The van der Waals surface area contributed by atoms with Crippen LogP contribution in [0, 0.1) is 5.92 Å². The molecule has 2 rings (SSSR count). The van der Waals surface area contributed by atoms with Crippen LogP contribution in [-0.4, -0.2) is 11.6 Å². The van der Waals surface area contributed by atoms with Gasteiger partial charge in [0, 0.05) is 10.7 Å². The number of halogens is 1. The molecule has 0 saturated carbocycles. The third-order valence-electron chi connectivity index (χ3n) is 2.75. The zero-order chi connectivity index (χ0) is 11.7. The van der Waals surface area contributed by atoms with Crippen LogP contribution in [0.4, 0.5) is 5.69 Å². The zero-order valence-corrected chi connectivity index (χ0v) is 10.0. The van der Waals surface area contributed by atoms with Gasteiger partial charge in [-0.1, -0.05) is 18.5 Å². The van der Waals surface area contributed by atoms with E-state index in [1.807, 2.05) is 13.8 Å². The van der Waals surface area contributed by atoms with Crippen LogP contribution in [0.5, 0.6) is 0 Å². The van der Waals surface area contributed by atoms with Crippen LogP contribution < -0.4 is 5.01 Å². The van der Waals surface area contributed by atoms with Gasteiger partial charge in [0.2, 0.25) is 0 Å². The van der Waals surface area contributed by atoms with E-state index in [4.69, 9.17) is 11.6 Å². The summed E-state index contributed by atoms with van der Waals surface area (Å²) in [5, 5.41) is 6.39. The Kier molecular flexibility index (Phi) is 2.97. The van der Waals surface area contributed by atoms with E-state index < -0.39 is 0 Å². The number of carbonyl (C=O) groups is 1. The van der Waals surface area contributed by atoms with E-state index in [0.29, 0.717) is 5.02 Å². The average molecular weight is 237 g/mol. The smallest absolute Gasteiger partial charge is 0.256 e. The summed E-state index contributed by atoms with van der Waals surface area (Å²) in [5.74, 6) is -0.0296. The molecule has 0 fully saturated rings. The van der Waals surface area contributed by atoms with E-state index >= 15 is 0 Å². The first-order valence-electron chi connectivity index (χ1n) is 5.28. The third-order valence-corrected chi connectivity index (χ3v) is 3.00. The van der Waals surface area contributed by atoms with E-state index in [-0.39, 0.29) is 11.8 Å². The Morgan fingerprint density at radius 2 is 2.00 bits per heavy atom. The minimum Gasteiger partial charge on any atom is -0.272 e. The van der Waals surface area contributed by atoms with Gasteiger partial charge in [-0.15, -0.1) is 0 Å². The fourth-order valence-corrected chi connectivity index (χ4v) is 1.97. The number of amides is 1. The molecule has 1 atom stereocenters. The number of nitrogens with zero attached hydrogens (tertiary/aromatic N) is 2. The van der Waals surface area contributed by atoms with Crippen LogP contribution >= 0.6 is 11.6 Å². The van der Waals surface area contributed by atoms with Gasteiger partial charge >= 0.3 is 0 Å². The number of rotatable bonds is 2. The van der Waals surface area contributed by atoms with Gasteiger partial charge in [0.15, 0.2) is 0 Å². The molecule has 4 heteroatoms. The molecule has 1 aromatic carbocycles.